The zero-order chi connectivity index (χ0) is 22.0. The molecule has 1 aromatic carbocycles. The summed E-state index contributed by atoms with van der Waals surface area (Å²) in [5.74, 6) is -1.19. The Morgan fingerprint density at radius 2 is 1.63 bits per heavy atom. The van der Waals surface area contributed by atoms with Gasteiger partial charge >= 0.3 is 11.8 Å². The number of hydrogen-bond acceptors (Lipinski definition) is 3. The first-order valence-electron chi connectivity index (χ1n) is 10.0. The first-order valence-corrected chi connectivity index (χ1v) is 10.8. The highest BCUT2D eigenvalue weighted by Gasteiger charge is 2.29. The average Bonchev–Trinajstić information content (AvgIpc) is 3.00. The van der Waals surface area contributed by atoms with Crippen molar-refractivity contribution in [1.29, 1.82) is 0 Å². The maximum Gasteiger partial charge on any atom is 0.312 e. The number of nitrogens with one attached hydrogen (secondary N) is 1. The number of halogens is 1. The molecule has 160 valence electrons. The molecule has 30 heavy (non-hydrogen) atoms. The molecule has 3 rings (SSSR count). The molecule has 0 saturated carbocycles. The summed E-state index contributed by atoms with van der Waals surface area (Å²) >= 11 is 3.50. The Morgan fingerprint density at radius 1 is 1.00 bits per heavy atom. The molecule has 0 radical (unpaired) electrons. The molecule has 1 N–H and O–H groups in total. The molecule has 1 saturated heterocycles. The lowest BCUT2D eigenvalue weighted by Crippen LogP contribution is -2.54. The van der Waals surface area contributed by atoms with Gasteiger partial charge in [-0.1, -0.05) is 22.0 Å². The highest BCUT2D eigenvalue weighted by Crippen LogP contribution is 2.24. The van der Waals surface area contributed by atoms with E-state index >= 15 is 0 Å². The van der Waals surface area contributed by atoms with Gasteiger partial charge in [0.05, 0.1) is 5.56 Å². The van der Waals surface area contributed by atoms with E-state index in [4.69, 9.17) is 0 Å². The second kappa shape index (κ2) is 9.04. The number of aromatic nitrogens is 1. The molecule has 0 aliphatic carbocycles. The van der Waals surface area contributed by atoms with Crippen molar-refractivity contribution in [2.24, 2.45) is 0 Å². The predicted molar refractivity (Wildman–Crippen MR) is 119 cm³/mol. The van der Waals surface area contributed by atoms with Crippen LogP contribution in [0.25, 0.3) is 5.69 Å². The number of hydrogen-bond donors (Lipinski definition) is 1. The molecular weight excluding hydrogens is 448 g/mol. The minimum absolute atomic E-state index is 0.0527. The number of carbonyl (C=O) groups excluding carboxylic acids is 3. The summed E-state index contributed by atoms with van der Waals surface area (Å²) in [6.45, 7) is 9.05. The van der Waals surface area contributed by atoms with Gasteiger partial charge in [-0.05, 0) is 52.0 Å². The Kier molecular flexibility index (Phi) is 6.65. The van der Waals surface area contributed by atoms with Crippen molar-refractivity contribution in [2.75, 3.05) is 26.2 Å². The molecule has 3 amide bonds. The Morgan fingerprint density at radius 3 is 2.23 bits per heavy atom. The van der Waals surface area contributed by atoms with Gasteiger partial charge in [-0.25, -0.2) is 0 Å². The normalized spacial score (nSPS) is 14.2. The van der Waals surface area contributed by atoms with E-state index in [1.165, 1.54) is 4.90 Å². The van der Waals surface area contributed by atoms with Gasteiger partial charge in [0, 0.05) is 53.8 Å². The third-order valence-electron chi connectivity index (χ3n) is 5.20. The number of aryl methyl sites for hydroxylation is 1. The summed E-state index contributed by atoms with van der Waals surface area (Å²) in [5, 5.41) is 2.62. The summed E-state index contributed by atoms with van der Waals surface area (Å²) in [5.41, 5.74) is 3.51. The number of carbonyl (C=O) groups is 3. The molecule has 2 heterocycles. The van der Waals surface area contributed by atoms with Crippen LogP contribution in [-0.4, -0.2) is 64.3 Å². The van der Waals surface area contributed by atoms with Gasteiger partial charge < -0.3 is 19.7 Å². The summed E-state index contributed by atoms with van der Waals surface area (Å²) < 4.78 is 3.04. The van der Waals surface area contributed by atoms with Crippen molar-refractivity contribution in [2.45, 2.75) is 33.7 Å². The smallest absolute Gasteiger partial charge is 0.312 e. The van der Waals surface area contributed by atoms with Crippen LogP contribution >= 0.6 is 15.9 Å². The molecule has 8 heteroatoms. The molecule has 0 bridgehead atoms. The van der Waals surface area contributed by atoms with Gasteiger partial charge in [0.15, 0.2) is 0 Å². The van der Waals surface area contributed by atoms with Crippen LogP contribution < -0.4 is 5.32 Å². The van der Waals surface area contributed by atoms with Gasteiger partial charge in [0.1, 0.15) is 0 Å². The Hall–Kier alpha value is -2.61. The van der Waals surface area contributed by atoms with Crippen molar-refractivity contribution in [3.63, 3.8) is 0 Å². The quantitative estimate of drug-likeness (QED) is 0.694. The molecule has 1 aliphatic rings. The molecule has 1 aliphatic heterocycles. The van der Waals surface area contributed by atoms with Gasteiger partial charge in [-0.3, -0.25) is 14.4 Å². The molecule has 0 unspecified atom stereocenters. The van der Waals surface area contributed by atoms with Crippen molar-refractivity contribution >= 4 is 33.7 Å². The monoisotopic (exact) mass is 474 g/mol. The number of benzene rings is 1. The molecule has 7 nitrogen and oxygen atoms in total. The van der Waals surface area contributed by atoms with E-state index in [-0.39, 0.29) is 11.9 Å². The predicted octanol–water partition coefficient (Wildman–Crippen LogP) is 2.67. The third-order valence-corrected chi connectivity index (χ3v) is 5.69. The number of piperazine rings is 1. The largest absolute Gasteiger partial charge is 0.346 e. The fourth-order valence-electron chi connectivity index (χ4n) is 3.74. The second-order valence-corrected chi connectivity index (χ2v) is 8.73. The molecule has 1 fully saturated rings. The maximum atomic E-state index is 13.2. The van der Waals surface area contributed by atoms with E-state index in [0.29, 0.717) is 31.7 Å². The highest BCUT2D eigenvalue weighted by molar-refractivity contribution is 9.10. The minimum atomic E-state index is -0.595. The average molecular weight is 475 g/mol. The van der Waals surface area contributed by atoms with Crippen LogP contribution in [-0.2, 0) is 9.59 Å². The Balaban J connectivity index is 1.71. The molecule has 1 aromatic heterocycles. The molecule has 0 spiro atoms. The van der Waals surface area contributed by atoms with Crippen LogP contribution in [0.2, 0.25) is 0 Å². The SMILES string of the molecule is Cc1cc(C(=O)N2CCN(C(=O)C(=O)NC(C)C)CC2)c(C)n1-c1cccc(Br)c1. The van der Waals surface area contributed by atoms with Crippen LogP contribution in [0.5, 0.6) is 0 Å². The van der Waals surface area contributed by atoms with E-state index in [1.807, 2.05) is 58.0 Å². The van der Waals surface area contributed by atoms with Crippen molar-refractivity contribution in [3.05, 3.63) is 51.8 Å². The van der Waals surface area contributed by atoms with Crippen molar-refractivity contribution in [1.82, 2.24) is 19.7 Å². The molecule has 2 aromatic rings. The first-order chi connectivity index (χ1) is 14.2. The van der Waals surface area contributed by atoms with E-state index in [1.54, 1.807) is 4.90 Å². The lowest BCUT2D eigenvalue weighted by Gasteiger charge is -2.34. The third kappa shape index (κ3) is 4.59. The fourth-order valence-corrected chi connectivity index (χ4v) is 4.13. The van der Waals surface area contributed by atoms with Gasteiger partial charge in [-0.2, -0.15) is 0 Å². The number of nitrogens with zero attached hydrogens (tertiary/aromatic N) is 3. The highest BCUT2D eigenvalue weighted by atomic mass is 79.9. The van der Waals surface area contributed by atoms with E-state index in [0.717, 1.165) is 21.5 Å². The van der Waals surface area contributed by atoms with Gasteiger partial charge in [0.2, 0.25) is 0 Å². The standard InChI is InChI=1S/C22H27BrN4O3/c1-14(2)24-20(28)22(30)26-10-8-25(9-11-26)21(29)19-12-15(3)27(16(19)4)18-7-5-6-17(23)13-18/h5-7,12-14H,8-11H2,1-4H3,(H,24,28). The fraction of sp³-hybridized carbons (Fsp3) is 0.409. The molecular formula is C22H27BrN4O3. The topological polar surface area (TPSA) is 74.7 Å². The van der Waals surface area contributed by atoms with E-state index in [2.05, 4.69) is 25.8 Å². The summed E-state index contributed by atoms with van der Waals surface area (Å²) in [4.78, 5) is 40.6. The van der Waals surface area contributed by atoms with Crippen LogP contribution in [0, 0.1) is 13.8 Å². The first kappa shape index (κ1) is 22.1. The molecule has 0 atom stereocenters. The Labute approximate surface area is 185 Å². The van der Waals surface area contributed by atoms with E-state index in [9.17, 15) is 14.4 Å². The lowest BCUT2D eigenvalue weighted by molar-refractivity contribution is -0.147. The number of rotatable bonds is 3. The zero-order valence-corrected chi connectivity index (χ0v) is 19.3. The number of amides is 3. The summed E-state index contributed by atoms with van der Waals surface area (Å²) in [6.07, 6.45) is 0. The van der Waals surface area contributed by atoms with Gasteiger partial charge in [-0.15, -0.1) is 0 Å². The lowest BCUT2D eigenvalue weighted by atomic mass is 10.2. The zero-order valence-electron chi connectivity index (χ0n) is 17.7. The van der Waals surface area contributed by atoms with Crippen LogP contribution in [0.4, 0.5) is 0 Å². The van der Waals surface area contributed by atoms with Crippen LogP contribution in [0.1, 0.15) is 35.6 Å². The van der Waals surface area contributed by atoms with Crippen molar-refractivity contribution in [3.8, 4) is 5.69 Å². The second-order valence-electron chi connectivity index (χ2n) is 7.81. The van der Waals surface area contributed by atoms with Crippen LogP contribution in [0.3, 0.4) is 0 Å². The minimum Gasteiger partial charge on any atom is -0.346 e. The Bertz CT molecular complexity index is 975. The van der Waals surface area contributed by atoms with E-state index < -0.39 is 11.8 Å². The van der Waals surface area contributed by atoms with Gasteiger partial charge in [0.25, 0.3) is 5.91 Å². The van der Waals surface area contributed by atoms with Crippen molar-refractivity contribution < 1.29 is 14.4 Å². The summed E-state index contributed by atoms with van der Waals surface area (Å²) in [6, 6.07) is 9.76. The maximum absolute atomic E-state index is 13.2. The van der Waals surface area contributed by atoms with Crippen LogP contribution in [0.15, 0.2) is 34.8 Å². The summed E-state index contributed by atoms with van der Waals surface area (Å²) in [7, 11) is 0.